The predicted octanol–water partition coefficient (Wildman–Crippen LogP) is 1.36. The lowest BCUT2D eigenvalue weighted by Gasteiger charge is -2.12. The van der Waals surface area contributed by atoms with Crippen molar-refractivity contribution in [2.45, 2.75) is 39.2 Å². The van der Waals surface area contributed by atoms with E-state index in [1.165, 1.54) is 21.9 Å². The number of hydrogen-bond acceptors (Lipinski definition) is 5. The number of carboxylic acid groups (broad SMARTS) is 1. The summed E-state index contributed by atoms with van der Waals surface area (Å²) in [5.41, 5.74) is 0.383. The molecule has 0 radical (unpaired) electrons. The van der Waals surface area contributed by atoms with E-state index in [1.807, 2.05) is 13.8 Å². The smallest absolute Gasteiger partial charge is 0.306 e. The van der Waals surface area contributed by atoms with Crippen molar-refractivity contribution < 1.29 is 14.7 Å². The number of aromatic nitrogens is 2. The van der Waals surface area contributed by atoms with Crippen LogP contribution in [0, 0.1) is 19.8 Å². The molecule has 1 amide bonds. The van der Waals surface area contributed by atoms with Crippen molar-refractivity contribution in [2.75, 3.05) is 0 Å². The molecule has 0 bridgehead atoms. The summed E-state index contributed by atoms with van der Waals surface area (Å²) in [6, 6.07) is -0.214. The van der Waals surface area contributed by atoms with Gasteiger partial charge in [0.05, 0.1) is 5.92 Å². The Hall–Kier alpha value is -2.22. The Labute approximate surface area is 136 Å². The van der Waals surface area contributed by atoms with Crippen molar-refractivity contribution in [2.24, 2.45) is 5.92 Å². The van der Waals surface area contributed by atoms with Gasteiger partial charge < -0.3 is 10.4 Å². The Morgan fingerprint density at radius 2 is 2.13 bits per heavy atom. The average Bonchev–Trinajstić information content (AvgIpc) is 3.05. The third-order valence-electron chi connectivity index (χ3n) is 4.38. The Bertz CT molecular complexity index is 854. The van der Waals surface area contributed by atoms with Crippen LogP contribution >= 0.6 is 11.3 Å². The van der Waals surface area contributed by atoms with Crippen LogP contribution in [0.2, 0.25) is 0 Å². The summed E-state index contributed by atoms with van der Waals surface area (Å²) >= 11 is 1.40. The van der Waals surface area contributed by atoms with Gasteiger partial charge in [-0.2, -0.15) is 0 Å². The number of amides is 1. The lowest BCUT2D eigenvalue weighted by atomic mass is 10.1. The molecule has 1 aliphatic carbocycles. The molecule has 2 N–H and O–H groups in total. The van der Waals surface area contributed by atoms with Crippen LogP contribution in [0.3, 0.4) is 0 Å². The largest absolute Gasteiger partial charge is 0.481 e. The van der Waals surface area contributed by atoms with Gasteiger partial charge in [0.1, 0.15) is 5.56 Å². The van der Waals surface area contributed by atoms with Gasteiger partial charge in [0.2, 0.25) is 0 Å². The third-order valence-corrected chi connectivity index (χ3v) is 5.45. The minimum Gasteiger partial charge on any atom is -0.481 e. The first kappa shape index (κ1) is 15.7. The number of carbonyl (C=O) groups is 2. The molecule has 8 heteroatoms. The highest BCUT2D eigenvalue weighted by molar-refractivity contribution is 7.17. The van der Waals surface area contributed by atoms with Gasteiger partial charge in [-0.3, -0.25) is 18.8 Å². The lowest BCUT2D eigenvalue weighted by molar-refractivity contribution is -0.141. The molecule has 1 aliphatic rings. The maximum Gasteiger partial charge on any atom is 0.306 e. The number of nitrogens with one attached hydrogen (secondary N) is 1. The fourth-order valence-electron chi connectivity index (χ4n) is 2.93. The number of rotatable bonds is 3. The molecular weight excluding hydrogens is 318 g/mol. The SMILES string of the molecule is Cc1sc2ncc(C(=O)N[C@H]3CC[C@@H](C(=O)O)C3)c(=O)n2c1C. The van der Waals surface area contributed by atoms with Crippen molar-refractivity contribution >= 4 is 28.2 Å². The zero-order valence-electron chi connectivity index (χ0n) is 12.8. The molecule has 23 heavy (non-hydrogen) atoms. The number of carboxylic acids is 1. The fourth-order valence-corrected chi connectivity index (χ4v) is 3.86. The second kappa shape index (κ2) is 5.77. The highest BCUT2D eigenvalue weighted by Crippen LogP contribution is 2.25. The van der Waals surface area contributed by atoms with Gasteiger partial charge in [-0.1, -0.05) is 0 Å². The summed E-state index contributed by atoms with van der Waals surface area (Å²) in [6.07, 6.45) is 2.84. The first-order valence-corrected chi connectivity index (χ1v) is 8.21. The highest BCUT2D eigenvalue weighted by atomic mass is 32.1. The molecule has 3 rings (SSSR count). The molecule has 7 nitrogen and oxygen atoms in total. The molecule has 0 spiro atoms. The minimum atomic E-state index is -0.839. The standard InChI is InChI=1S/C15H17N3O4S/c1-7-8(2)23-15-16-6-11(13(20)18(7)15)12(19)17-10-4-3-9(5-10)14(21)22/h6,9-10H,3-5H2,1-2H3,(H,17,19)(H,21,22)/t9-,10+/m1/s1. The Balaban J connectivity index is 1.85. The quantitative estimate of drug-likeness (QED) is 0.882. The zero-order valence-corrected chi connectivity index (χ0v) is 13.6. The van der Waals surface area contributed by atoms with E-state index in [0.29, 0.717) is 24.2 Å². The summed E-state index contributed by atoms with van der Waals surface area (Å²) in [6.45, 7) is 3.72. The van der Waals surface area contributed by atoms with Crippen LogP contribution in [0.1, 0.15) is 40.2 Å². The maximum absolute atomic E-state index is 12.5. The summed E-state index contributed by atoms with van der Waals surface area (Å²) in [5, 5.41) is 11.8. The molecule has 2 aromatic rings. The predicted molar refractivity (Wildman–Crippen MR) is 85.0 cm³/mol. The maximum atomic E-state index is 12.5. The molecule has 2 atom stereocenters. The zero-order chi connectivity index (χ0) is 16.7. The number of fused-ring (bicyclic) bond motifs is 1. The molecule has 0 unspecified atom stereocenters. The summed E-state index contributed by atoms with van der Waals surface area (Å²) in [7, 11) is 0. The van der Waals surface area contributed by atoms with Crippen LogP contribution < -0.4 is 10.9 Å². The molecule has 0 aliphatic heterocycles. The van der Waals surface area contributed by atoms with Gasteiger partial charge in [0.25, 0.3) is 11.5 Å². The van der Waals surface area contributed by atoms with E-state index in [4.69, 9.17) is 5.11 Å². The molecule has 122 valence electrons. The summed E-state index contributed by atoms with van der Waals surface area (Å²) < 4.78 is 1.45. The molecule has 1 fully saturated rings. The van der Waals surface area contributed by atoms with E-state index < -0.39 is 17.8 Å². The van der Waals surface area contributed by atoms with E-state index >= 15 is 0 Å². The lowest BCUT2D eigenvalue weighted by Crippen LogP contribution is -2.37. The normalized spacial score (nSPS) is 20.8. The number of hydrogen-bond donors (Lipinski definition) is 2. The Kier molecular flexibility index (Phi) is 3.93. The summed E-state index contributed by atoms with van der Waals surface area (Å²) in [5.74, 6) is -1.76. The molecule has 1 saturated carbocycles. The number of aliphatic carboxylic acids is 1. The number of thiazole rings is 1. The molecule has 0 saturated heterocycles. The molecular formula is C15H17N3O4S. The minimum absolute atomic E-state index is 0.0119. The Morgan fingerprint density at radius 1 is 1.39 bits per heavy atom. The third kappa shape index (κ3) is 2.74. The van der Waals surface area contributed by atoms with Crippen molar-refractivity contribution in [3.63, 3.8) is 0 Å². The second-order valence-electron chi connectivity index (χ2n) is 5.86. The van der Waals surface area contributed by atoms with E-state index in [0.717, 1.165) is 10.6 Å². The molecule has 2 aromatic heterocycles. The van der Waals surface area contributed by atoms with E-state index in [-0.39, 0.29) is 17.2 Å². The highest BCUT2D eigenvalue weighted by Gasteiger charge is 2.31. The topological polar surface area (TPSA) is 101 Å². The monoisotopic (exact) mass is 335 g/mol. The van der Waals surface area contributed by atoms with Crippen LogP contribution in [-0.4, -0.2) is 32.4 Å². The van der Waals surface area contributed by atoms with E-state index in [2.05, 4.69) is 10.3 Å². The summed E-state index contributed by atoms with van der Waals surface area (Å²) in [4.78, 5) is 41.6. The van der Waals surface area contributed by atoms with Gasteiger partial charge in [-0.05, 0) is 33.1 Å². The van der Waals surface area contributed by atoms with Crippen molar-refractivity contribution in [1.82, 2.24) is 14.7 Å². The molecule has 2 heterocycles. The first-order chi connectivity index (χ1) is 10.9. The van der Waals surface area contributed by atoms with E-state index in [9.17, 15) is 14.4 Å². The van der Waals surface area contributed by atoms with Crippen LogP contribution in [0.4, 0.5) is 0 Å². The van der Waals surface area contributed by atoms with Gasteiger partial charge in [0.15, 0.2) is 4.96 Å². The van der Waals surface area contributed by atoms with Crippen molar-refractivity contribution in [3.8, 4) is 0 Å². The van der Waals surface area contributed by atoms with Crippen molar-refractivity contribution in [1.29, 1.82) is 0 Å². The van der Waals surface area contributed by atoms with Crippen LogP contribution in [0.15, 0.2) is 11.0 Å². The number of aryl methyl sites for hydroxylation is 2. The number of nitrogens with zero attached hydrogens (tertiary/aromatic N) is 2. The number of carbonyl (C=O) groups excluding carboxylic acids is 1. The van der Waals surface area contributed by atoms with Gasteiger partial charge in [-0.25, -0.2) is 4.98 Å². The molecule has 0 aromatic carbocycles. The van der Waals surface area contributed by atoms with Gasteiger partial charge in [-0.15, -0.1) is 11.3 Å². The fraction of sp³-hybridized carbons (Fsp3) is 0.467. The van der Waals surface area contributed by atoms with Crippen LogP contribution in [0.25, 0.3) is 4.96 Å². The van der Waals surface area contributed by atoms with E-state index in [1.54, 1.807) is 0 Å². The van der Waals surface area contributed by atoms with Crippen LogP contribution in [-0.2, 0) is 4.79 Å². The average molecular weight is 335 g/mol. The van der Waals surface area contributed by atoms with Crippen molar-refractivity contribution in [3.05, 3.63) is 32.7 Å². The van der Waals surface area contributed by atoms with Crippen LogP contribution in [0.5, 0.6) is 0 Å². The van der Waals surface area contributed by atoms with Gasteiger partial charge >= 0.3 is 5.97 Å². The second-order valence-corrected chi connectivity index (χ2v) is 7.04. The van der Waals surface area contributed by atoms with Gasteiger partial charge in [0, 0.05) is 22.8 Å². The first-order valence-electron chi connectivity index (χ1n) is 7.40. The Morgan fingerprint density at radius 3 is 2.78 bits per heavy atom.